The van der Waals surface area contributed by atoms with Gasteiger partial charge in [0.15, 0.2) is 0 Å². The quantitative estimate of drug-likeness (QED) is 0.548. The second kappa shape index (κ2) is 4.95. The molecular formula is C20H26S2. The molecule has 22 heavy (non-hydrogen) atoms. The molecule has 0 radical (unpaired) electrons. The molecule has 2 aromatic rings. The van der Waals surface area contributed by atoms with Crippen LogP contribution >= 0.6 is 22.7 Å². The Kier molecular flexibility index (Phi) is 3.36. The third-order valence-corrected chi connectivity index (χ3v) is 8.91. The first-order valence-corrected chi connectivity index (χ1v) is 10.3. The Morgan fingerprint density at radius 2 is 1.09 bits per heavy atom. The number of fused-ring (bicyclic) bond motifs is 5. The Morgan fingerprint density at radius 3 is 1.41 bits per heavy atom. The fraction of sp³-hybridized carbons (Fsp3) is 0.600. The minimum Gasteiger partial charge on any atom is -0.144 e. The highest BCUT2D eigenvalue weighted by Crippen LogP contribution is 2.66. The third-order valence-electron chi connectivity index (χ3n) is 5.81. The molecular weight excluding hydrogens is 304 g/mol. The monoisotopic (exact) mass is 330 g/mol. The van der Waals surface area contributed by atoms with Crippen LogP contribution < -0.4 is 0 Å². The lowest BCUT2D eigenvalue weighted by molar-refractivity contribution is 0.522. The van der Waals surface area contributed by atoms with Crippen LogP contribution in [0.25, 0.3) is 0 Å². The molecule has 0 saturated heterocycles. The lowest BCUT2D eigenvalue weighted by Gasteiger charge is -2.19. The maximum absolute atomic E-state index is 2.52. The van der Waals surface area contributed by atoms with Gasteiger partial charge in [-0.3, -0.25) is 0 Å². The van der Waals surface area contributed by atoms with E-state index in [1.165, 1.54) is 0 Å². The molecule has 0 amide bonds. The van der Waals surface area contributed by atoms with E-state index in [1.54, 1.807) is 30.6 Å². The molecule has 2 aromatic heterocycles. The van der Waals surface area contributed by atoms with Gasteiger partial charge in [0.1, 0.15) is 0 Å². The summed E-state index contributed by atoms with van der Waals surface area (Å²) in [4.78, 5) is 6.59. The molecule has 0 aliphatic heterocycles. The third kappa shape index (κ3) is 1.86. The molecule has 0 fully saturated rings. The molecule has 4 atom stereocenters. The standard InChI is InChI=1S/C20H26S2/c1-9(2)15-7-13-11(5)18-17(19(13)21-15)12(6)14-8-16(10(3)4)22-20(14)18/h7-12,17-18H,1-6H3. The number of hydrogen-bond donors (Lipinski definition) is 0. The average molecular weight is 331 g/mol. The van der Waals surface area contributed by atoms with Crippen LogP contribution in [0.15, 0.2) is 12.1 Å². The zero-order valence-corrected chi connectivity index (χ0v) is 16.1. The summed E-state index contributed by atoms with van der Waals surface area (Å²) in [6.07, 6.45) is 0. The zero-order chi connectivity index (χ0) is 15.8. The summed E-state index contributed by atoms with van der Waals surface area (Å²) in [6, 6.07) is 5.05. The van der Waals surface area contributed by atoms with Crippen molar-refractivity contribution in [1.29, 1.82) is 0 Å². The van der Waals surface area contributed by atoms with Crippen LogP contribution in [0, 0.1) is 0 Å². The van der Waals surface area contributed by atoms with Gasteiger partial charge in [0, 0.05) is 31.3 Å². The maximum atomic E-state index is 2.52. The van der Waals surface area contributed by atoms with E-state index in [1.807, 2.05) is 0 Å². The number of rotatable bonds is 2. The van der Waals surface area contributed by atoms with Gasteiger partial charge in [-0.25, -0.2) is 0 Å². The highest BCUT2D eigenvalue weighted by Gasteiger charge is 2.50. The van der Waals surface area contributed by atoms with Gasteiger partial charge in [0.2, 0.25) is 0 Å². The summed E-state index contributed by atoms with van der Waals surface area (Å²) in [5.74, 6) is 4.24. The fourth-order valence-corrected chi connectivity index (χ4v) is 7.52. The first-order valence-electron chi connectivity index (χ1n) is 8.67. The fourth-order valence-electron chi connectivity index (χ4n) is 4.47. The molecule has 0 aromatic carbocycles. The topological polar surface area (TPSA) is 0 Å². The van der Waals surface area contributed by atoms with Crippen molar-refractivity contribution in [3.05, 3.63) is 42.8 Å². The van der Waals surface area contributed by atoms with Gasteiger partial charge >= 0.3 is 0 Å². The molecule has 0 spiro atoms. The first kappa shape index (κ1) is 15.0. The molecule has 0 nitrogen and oxygen atoms in total. The molecule has 2 heteroatoms. The molecule has 4 rings (SSSR count). The maximum Gasteiger partial charge on any atom is 0.0127 e. The average Bonchev–Trinajstić information content (AvgIpc) is 3.13. The summed E-state index contributed by atoms with van der Waals surface area (Å²) in [5, 5.41) is 0. The van der Waals surface area contributed by atoms with Crippen molar-refractivity contribution in [2.24, 2.45) is 0 Å². The summed E-state index contributed by atoms with van der Waals surface area (Å²) < 4.78 is 0. The Bertz CT molecular complexity index is 654. The van der Waals surface area contributed by atoms with Crippen molar-refractivity contribution in [2.75, 3.05) is 0 Å². The first-order chi connectivity index (χ1) is 10.4. The van der Waals surface area contributed by atoms with Crippen molar-refractivity contribution >= 4 is 22.7 Å². The van der Waals surface area contributed by atoms with E-state index in [0.29, 0.717) is 23.7 Å². The van der Waals surface area contributed by atoms with E-state index in [-0.39, 0.29) is 0 Å². The smallest absolute Gasteiger partial charge is 0.0127 e. The largest absolute Gasteiger partial charge is 0.144 e. The van der Waals surface area contributed by atoms with Gasteiger partial charge in [0.25, 0.3) is 0 Å². The van der Waals surface area contributed by atoms with Gasteiger partial charge in [0.05, 0.1) is 0 Å². The zero-order valence-electron chi connectivity index (χ0n) is 14.4. The SMILES string of the molecule is CC(C)c1cc2c(s1)C1C(C)c3cc(C(C)C)sc3C1C2C. The van der Waals surface area contributed by atoms with Crippen LogP contribution in [-0.2, 0) is 0 Å². The van der Waals surface area contributed by atoms with Gasteiger partial charge in [-0.1, -0.05) is 41.5 Å². The van der Waals surface area contributed by atoms with Crippen LogP contribution in [0.4, 0.5) is 0 Å². The summed E-state index contributed by atoms with van der Waals surface area (Å²) in [7, 11) is 0. The summed E-state index contributed by atoms with van der Waals surface area (Å²) in [6.45, 7) is 14.2. The van der Waals surface area contributed by atoms with E-state index >= 15 is 0 Å². The van der Waals surface area contributed by atoms with Crippen molar-refractivity contribution in [3.8, 4) is 0 Å². The second-order valence-corrected chi connectivity index (χ2v) is 10.1. The van der Waals surface area contributed by atoms with Crippen molar-refractivity contribution in [2.45, 2.75) is 77.0 Å². The van der Waals surface area contributed by atoms with E-state index in [4.69, 9.17) is 0 Å². The van der Waals surface area contributed by atoms with E-state index < -0.39 is 0 Å². The molecule has 4 unspecified atom stereocenters. The molecule has 2 heterocycles. The van der Waals surface area contributed by atoms with E-state index in [2.05, 4.69) is 76.3 Å². The Balaban J connectivity index is 1.79. The van der Waals surface area contributed by atoms with Gasteiger partial charge in [-0.15, -0.1) is 22.7 Å². The van der Waals surface area contributed by atoms with Crippen molar-refractivity contribution < 1.29 is 0 Å². The molecule has 0 saturated carbocycles. The molecule has 2 aliphatic carbocycles. The number of thiophene rings is 2. The normalized spacial score (nSPS) is 29.3. The lowest BCUT2D eigenvalue weighted by atomic mass is 9.88. The molecule has 0 N–H and O–H groups in total. The summed E-state index contributed by atoms with van der Waals surface area (Å²) in [5.41, 5.74) is 3.33. The van der Waals surface area contributed by atoms with Crippen molar-refractivity contribution in [1.82, 2.24) is 0 Å². The molecule has 2 aliphatic rings. The van der Waals surface area contributed by atoms with E-state index in [9.17, 15) is 0 Å². The van der Waals surface area contributed by atoms with E-state index in [0.717, 1.165) is 11.8 Å². The van der Waals surface area contributed by atoms with Crippen LogP contribution in [0.2, 0.25) is 0 Å². The number of hydrogen-bond acceptors (Lipinski definition) is 2. The highest BCUT2D eigenvalue weighted by atomic mass is 32.1. The lowest BCUT2D eigenvalue weighted by Crippen LogP contribution is -2.04. The second-order valence-electron chi connectivity index (χ2n) is 7.88. The Labute approximate surface area is 142 Å². The summed E-state index contributed by atoms with van der Waals surface area (Å²) >= 11 is 4.21. The van der Waals surface area contributed by atoms with Crippen LogP contribution in [0.5, 0.6) is 0 Å². The van der Waals surface area contributed by atoms with Crippen LogP contribution in [0.3, 0.4) is 0 Å². The Morgan fingerprint density at radius 1 is 0.727 bits per heavy atom. The van der Waals surface area contributed by atoms with Gasteiger partial charge in [-0.05, 0) is 46.9 Å². The van der Waals surface area contributed by atoms with Gasteiger partial charge in [-0.2, -0.15) is 0 Å². The minimum atomic E-state index is 0.666. The predicted molar refractivity (Wildman–Crippen MR) is 99.1 cm³/mol. The van der Waals surface area contributed by atoms with Crippen LogP contribution in [-0.4, -0.2) is 0 Å². The Hall–Kier alpha value is -0.600. The highest BCUT2D eigenvalue weighted by molar-refractivity contribution is 7.13. The van der Waals surface area contributed by atoms with Crippen molar-refractivity contribution in [3.63, 3.8) is 0 Å². The predicted octanol–water partition coefficient (Wildman–Crippen LogP) is 7.16. The van der Waals surface area contributed by atoms with Crippen LogP contribution in [0.1, 0.15) is 108 Å². The van der Waals surface area contributed by atoms with Gasteiger partial charge < -0.3 is 0 Å². The molecule has 0 bridgehead atoms. The minimum absolute atomic E-state index is 0.666. The molecule has 118 valence electrons.